The second kappa shape index (κ2) is 3.87. The van der Waals surface area contributed by atoms with Crippen LogP contribution >= 0.6 is 11.3 Å². The summed E-state index contributed by atoms with van der Waals surface area (Å²) >= 11 is 1.30. The molecule has 1 radical (unpaired) electrons. The van der Waals surface area contributed by atoms with Gasteiger partial charge in [-0.2, -0.15) is 0 Å². The van der Waals surface area contributed by atoms with E-state index in [9.17, 15) is 4.79 Å². The quantitative estimate of drug-likeness (QED) is 0.810. The maximum absolute atomic E-state index is 10.7. The Balaban J connectivity index is 3.00. The average Bonchev–Trinajstić information content (AvgIpc) is 2.50. The van der Waals surface area contributed by atoms with Crippen LogP contribution in [0.3, 0.4) is 0 Å². The first-order valence-electron chi connectivity index (χ1n) is 4.13. The molecule has 1 aromatic heterocycles. The van der Waals surface area contributed by atoms with Crippen molar-refractivity contribution in [3.63, 3.8) is 0 Å². The fraction of sp³-hybridized carbons (Fsp3) is 0.556. The van der Waals surface area contributed by atoms with E-state index in [1.165, 1.54) is 11.3 Å². The molecule has 1 N–H and O–H groups in total. The van der Waals surface area contributed by atoms with Crippen molar-refractivity contribution >= 4 is 17.3 Å². The number of carboxylic acids is 1. The van der Waals surface area contributed by atoms with Gasteiger partial charge in [0.15, 0.2) is 5.51 Å². The normalized spacial score (nSPS) is 13.2. The van der Waals surface area contributed by atoms with Crippen LogP contribution in [0.1, 0.15) is 43.2 Å². The molecule has 13 heavy (non-hydrogen) atoms. The summed E-state index contributed by atoms with van der Waals surface area (Å²) in [6, 6.07) is 0. The van der Waals surface area contributed by atoms with Crippen molar-refractivity contribution in [1.82, 2.24) is 4.98 Å². The predicted octanol–water partition coefficient (Wildman–Crippen LogP) is 2.25. The van der Waals surface area contributed by atoms with Gasteiger partial charge in [0.1, 0.15) is 0 Å². The lowest BCUT2D eigenvalue weighted by atomic mass is 10.0. The van der Waals surface area contributed by atoms with Gasteiger partial charge in [0.2, 0.25) is 0 Å². The Labute approximate surface area is 81.4 Å². The van der Waals surface area contributed by atoms with Crippen LogP contribution in [0.2, 0.25) is 0 Å². The van der Waals surface area contributed by atoms with Crippen LogP contribution in [0, 0.1) is 5.51 Å². The standard InChI is InChI=1S/C9H12NO2S/c1-5(2)7-8(13-4-10-7)6(3)9(11)12/h5-6H,1-3H3,(H,11,12). The molecule has 1 rings (SSSR count). The maximum Gasteiger partial charge on any atom is 0.311 e. The topological polar surface area (TPSA) is 50.2 Å². The predicted molar refractivity (Wildman–Crippen MR) is 51.1 cm³/mol. The molecule has 0 aromatic carbocycles. The Morgan fingerprint density at radius 2 is 2.15 bits per heavy atom. The first-order chi connectivity index (χ1) is 6.04. The number of thiazole rings is 1. The third-order valence-electron chi connectivity index (χ3n) is 1.88. The van der Waals surface area contributed by atoms with Crippen LogP contribution < -0.4 is 0 Å². The highest BCUT2D eigenvalue weighted by molar-refractivity contribution is 7.09. The fourth-order valence-electron chi connectivity index (χ4n) is 1.06. The molecule has 0 bridgehead atoms. The molecule has 71 valence electrons. The average molecular weight is 198 g/mol. The third-order valence-corrected chi connectivity index (χ3v) is 2.85. The lowest BCUT2D eigenvalue weighted by Gasteiger charge is -2.08. The zero-order valence-electron chi connectivity index (χ0n) is 7.87. The van der Waals surface area contributed by atoms with Crippen LogP contribution in [-0.2, 0) is 4.79 Å². The van der Waals surface area contributed by atoms with Gasteiger partial charge < -0.3 is 5.11 Å². The summed E-state index contributed by atoms with van der Waals surface area (Å²) in [4.78, 5) is 15.6. The first-order valence-corrected chi connectivity index (χ1v) is 4.95. The molecular weight excluding hydrogens is 186 g/mol. The van der Waals surface area contributed by atoms with E-state index in [2.05, 4.69) is 10.5 Å². The first kappa shape index (κ1) is 10.2. The molecular formula is C9H12NO2S. The minimum atomic E-state index is -0.806. The summed E-state index contributed by atoms with van der Waals surface area (Å²) in [6.45, 7) is 5.68. The van der Waals surface area contributed by atoms with Crippen LogP contribution in [0.25, 0.3) is 0 Å². The Hall–Kier alpha value is -0.900. The van der Waals surface area contributed by atoms with Crippen molar-refractivity contribution in [1.29, 1.82) is 0 Å². The molecule has 1 unspecified atom stereocenters. The lowest BCUT2D eigenvalue weighted by Crippen LogP contribution is -2.08. The highest BCUT2D eigenvalue weighted by Crippen LogP contribution is 2.28. The van der Waals surface area contributed by atoms with Crippen molar-refractivity contribution in [3.8, 4) is 0 Å². The van der Waals surface area contributed by atoms with E-state index in [0.717, 1.165) is 10.6 Å². The van der Waals surface area contributed by atoms with Crippen LogP contribution in [0.4, 0.5) is 0 Å². The Kier molecular flexibility index (Phi) is 3.03. The molecule has 1 aromatic rings. The number of rotatable bonds is 3. The fourth-order valence-corrected chi connectivity index (χ4v) is 1.97. The molecule has 0 saturated heterocycles. The number of hydrogen-bond acceptors (Lipinski definition) is 3. The Morgan fingerprint density at radius 3 is 2.62 bits per heavy atom. The summed E-state index contributed by atoms with van der Waals surface area (Å²) in [5.74, 6) is -1.01. The van der Waals surface area contributed by atoms with Gasteiger partial charge in [-0.15, -0.1) is 11.3 Å². The van der Waals surface area contributed by atoms with Crippen molar-refractivity contribution in [3.05, 3.63) is 16.1 Å². The van der Waals surface area contributed by atoms with Crippen LogP contribution in [-0.4, -0.2) is 16.1 Å². The molecule has 3 nitrogen and oxygen atoms in total. The molecule has 0 aliphatic heterocycles. The van der Waals surface area contributed by atoms with Crippen molar-refractivity contribution in [2.75, 3.05) is 0 Å². The van der Waals surface area contributed by atoms with E-state index in [1.807, 2.05) is 13.8 Å². The Morgan fingerprint density at radius 1 is 1.54 bits per heavy atom. The number of carbonyl (C=O) groups is 1. The zero-order valence-corrected chi connectivity index (χ0v) is 8.68. The van der Waals surface area contributed by atoms with E-state index in [1.54, 1.807) is 6.92 Å². The van der Waals surface area contributed by atoms with E-state index in [0.29, 0.717) is 0 Å². The number of aromatic nitrogens is 1. The second-order valence-corrected chi connectivity index (χ2v) is 4.10. The molecule has 1 heterocycles. The number of carboxylic acid groups (broad SMARTS) is 1. The summed E-state index contributed by atoms with van der Waals surface area (Å²) in [5.41, 5.74) is 3.60. The van der Waals surface area contributed by atoms with Crippen LogP contribution in [0.15, 0.2) is 0 Å². The van der Waals surface area contributed by atoms with Gasteiger partial charge in [-0.25, -0.2) is 4.98 Å². The smallest absolute Gasteiger partial charge is 0.311 e. The summed E-state index contributed by atoms with van der Waals surface area (Å²) in [7, 11) is 0. The summed E-state index contributed by atoms with van der Waals surface area (Å²) in [5, 5.41) is 8.83. The van der Waals surface area contributed by atoms with Gasteiger partial charge in [-0.05, 0) is 12.8 Å². The van der Waals surface area contributed by atoms with Crippen molar-refractivity contribution < 1.29 is 9.90 Å². The van der Waals surface area contributed by atoms with Gasteiger partial charge in [0.25, 0.3) is 0 Å². The highest BCUT2D eigenvalue weighted by Gasteiger charge is 2.21. The van der Waals surface area contributed by atoms with Crippen LogP contribution in [0.5, 0.6) is 0 Å². The molecule has 1 atom stereocenters. The number of nitrogens with zero attached hydrogens (tertiary/aromatic N) is 1. The van der Waals surface area contributed by atoms with E-state index in [4.69, 9.17) is 5.11 Å². The Bertz CT molecular complexity index is 306. The SMILES string of the molecule is CC(C)c1n[c]sc1C(C)C(=O)O. The maximum atomic E-state index is 10.7. The largest absolute Gasteiger partial charge is 0.481 e. The summed E-state index contributed by atoms with van der Waals surface area (Å²) < 4.78 is 0. The monoisotopic (exact) mass is 198 g/mol. The lowest BCUT2D eigenvalue weighted by molar-refractivity contribution is -0.138. The van der Waals surface area contributed by atoms with Crippen molar-refractivity contribution in [2.24, 2.45) is 0 Å². The molecule has 0 spiro atoms. The van der Waals surface area contributed by atoms with E-state index < -0.39 is 11.9 Å². The molecule has 0 aliphatic carbocycles. The number of hydrogen-bond donors (Lipinski definition) is 1. The van der Waals surface area contributed by atoms with Crippen molar-refractivity contribution in [2.45, 2.75) is 32.6 Å². The second-order valence-electron chi connectivity index (χ2n) is 3.27. The van der Waals surface area contributed by atoms with Gasteiger partial charge in [0, 0.05) is 4.88 Å². The zero-order chi connectivity index (χ0) is 10.0. The molecule has 0 fully saturated rings. The van der Waals surface area contributed by atoms with E-state index >= 15 is 0 Å². The number of aliphatic carboxylic acids is 1. The molecule has 0 aliphatic rings. The van der Waals surface area contributed by atoms with Gasteiger partial charge >= 0.3 is 5.97 Å². The van der Waals surface area contributed by atoms with E-state index in [-0.39, 0.29) is 5.92 Å². The summed E-state index contributed by atoms with van der Waals surface area (Å²) in [6.07, 6.45) is 0. The van der Waals surface area contributed by atoms with Gasteiger partial charge in [0.05, 0.1) is 11.6 Å². The molecule has 4 heteroatoms. The van der Waals surface area contributed by atoms with Gasteiger partial charge in [-0.3, -0.25) is 4.79 Å². The molecule has 0 amide bonds. The minimum absolute atomic E-state index is 0.263. The van der Waals surface area contributed by atoms with Gasteiger partial charge in [-0.1, -0.05) is 13.8 Å². The molecule has 0 saturated carbocycles. The third kappa shape index (κ3) is 2.06. The minimum Gasteiger partial charge on any atom is -0.481 e. The highest BCUT2D eigenvalue weighted by atomic mass is 32.1.